The Morgan fingerprint density at radius 2 is 0.853 bits per heavy atom. The van der Waals surface area contributed by atoms with Gasteiger partial charge in [-0.2, -0.15) is 0 Å². The molecule has 0 atom stereocenters. The summed E-state index contributed by atoms with van der Waals surface area (Å²) in [4.78, 5) is 24.0. The zero-order chi connectivity index (χ0) is 25.0. The molecular formula is C28H44Cl2O4. The van der Waals surface area contributed by atoms with Gasteiger partial charge in [0.25, 0.3) is 10.5 Å². The van der Waals surface area contributed by atoms with E-state index in [1.807, 2.05) is 0 Å². The number of hydrogen-bond acceptors (Lipinski definition) is 4. The Morgan fingerprint density at radius 3 is 1.15 bits per heavy atom. The molecule has 0 N–H and O–H groups in total. The fourth-order valence-electron chi connectivity index (χ4n) is 3.94. The number of ether oxygens (including phenoxy) is 2. The third-order valence-electron chi connectivity index (χ3n) is 6.02. The maximum atomic E-state index is 12.0. The second kappa shape index (κ2) is 20.0. The maximum Gasteiger partial charge on any atom is 0.256 e. The van der Waals surface area contributed by atoms with E-state index in [4.69, 9.17) is 32.7 Å². The highest BCUT2D eigenvalue weighted by atomic mass is 35.5. The van der Waals surface area contributed by atoms with Crippen molar-refractivity contribution < 1.29 is 19.1 Å². The molecule has 1 aromatic carbocycles. The minimum Gasteiger partial charge on any atom is -0.493 e. The van der Waals surface area contributed by atoms with Gasteiger partial charge in [0.2, 0.25) is 0 Å². The van der Waals surface area contributed by atoms with Crippen molar-refractivity contribution in [1.29, 1.82) is 0 Å². The maximum absolute atomic E-state index is 12.0. The van der Waals surface area contributed by atoms with E-state index in [1.54, 1.807) is 0 Å². The van der Waals surface area contributed by atoms with E-state index in [2.05, 4.69) is 13.8 Å². The highest BCUT2D eigenvalue weighted by Crippen LogP contribution is 2.32. The topological polar surface area (TPSA) is 52.6 Å². The average Bonchev–Trinajstić information content (AvgIpc) is 2.81. The summed E-state index contributed by atoms with van der Waals surface area (Å²) in [7, 11) is 0. The molecule has 0 aliphatic carbocycles. The van der Waals surface area contributed by atoms with Gasteiger partial charge in [0.05, 0.1) is 24.3 Å². The molecule has 0 heterocycles. The van der Waals surface area contributed by atoms with Crippen LogP contribution in [0.25, 0.3) is 0 Å². The molecule has 0 amide bonds. The van der Waals surface area contributed by atoms with Crippen LogP contribution < -0.4 is 9.47 Å². The average molecular weight is 516 g/mol. The quantitative estimate of drug-likeness (QED) is 0.114. The molecule has 34 heavy (non-hydrogen) atoms. The zero-order valence-corrected chi connectivity index (χ0v) is 22.8. The Labute approximate surface area is 217 Å². The molecule has 0 aliphatic heterocycles. The minimum absolute atomic E-state index is 0.203. The molecule has 0 saturated heterocycles. The van der Waals surface area contributed by atoms with Crippen molar-refractivity contribution in [3.05, 3.63) is 23.3 Å². The summed E-state index contributed by atoms with van der Waals surface area (Å²) in [5.74, 6) is 0.567. The Balaban J connectivity index is 2.53. The molecule has 0 saturated carbocycles. The summed E-state index contributed by atoms with van der Waals surface area (Å²) in [5.41, 5.74) is 0.405. The van der Waals surface area contributed by atoms with Crippen LogP contribution in [0, 0.1) is 0 Å². The third kappa shape index (κ3) is 13.6. The molecule has 0 spiro atoms. The normalized spacial score (nSPS) is 10.9. The number of rotatable bonds is 22. The molecule has 0 bridgehead atoms. The van der Waals surface area contributed by atoms with Gasteiger partial charge in [-0.1, -0.05) is 104 Å². The summed E-state index contributed by atoms with van der Waals surface area (Å²) < 4.78 is 11.6. The zero-order valence-electron chi connectivity index (χ0n) is 21.3. The molecule has 4 nitrogen and oxygen atoms in total. The number of carbonyl (C=O) groups is 2. The van der Waals surface area contributed by atoms with Gasteiger partial charge in [-0.05, 0) is 48.2 Å². The van der Waals surface area contributed by atoms with E-state index >= 15 is 0 Å². The second-order valence-electron chi connectivity index (χ2n) is 9.04. The van der Waals surface area contributed by atoms with E-state index in [-0.39, 0.29) is 22.6 Å². The molecule has 0 radical (unpaired) electrons. The van der Waals surface area contributed by atoms with Crippen LogP contribution in [0.15, 0.2) is 12.1 Å². The summed E-state index contributed by atoms with van der Waals surface area (Å²) in [6, 6.07) is 2.97. The van der Waals surface area contributed by atoms with Crippen LogP contribution >= 0.6 is 23.2 Å². The SMILES string of the molecule is CCCCCCCCCCOc1cc(C(=O)Cl)c(OCCCCCCCCCC)cc1C(=O)Cl. The van der Waals surface area contributed by atoms with Gasteiger partial charge in [0, 0.05) is 0 Å². The van der Waals surface area contributed by atoms with Gasteiger partial charge in [-0.3, -0.25) is 9.59 Å². The van der Waals surface area contributed by atoms with Crippen molar-refractivity contribution in [2.24, 2.45) is 0 Å². The fraction of sp³-hybridized carbons (Fsp3) is 0.714. The Hall–Kier alpha value is -1.26. The monoisotopic (exact) mass is 514 g/mol. The molecule has 0 aromatic heterocycles. The minimum atomic E-state index is -0.642. The highest BCUT2D eigenvalue weighted by Gasteiger charge is 2.20. The van der Waals surface area contributed by atoms with Gasteiger partial charge in [-0.25, -0.2) is 0 Å². The molecule has 1 rings (SSSR count). The number of unbranched alkanes of at least 4 members (excludes halogenated alkanes) is 14. The van der Waals surface area contributed by atoms with Crippen LogP contribution in [-0.2, 0) is 0 Å². The van der Waals surface area contributed by atoms with Gasteiger partial charge < -0.3 is 9.47 Å². The number of benzene rings is 1. The van der Waals surface area contributed by atoms with Crippen LogP contribution in [0.3, 0.4) is 0 Å². The Bertz CT molecular complexity index is 646. The number of hydrogen-bond donors (Lipinski definition) is 0. The first-order valence-electron chi connectivity index (χ1n) is 13.3. The summed E-state index contributed by atoms with van der Waals surface area (Å²) in [6.07, 6.45) is 19.0. The van der Waals surface area contributed by atoms with Gasteiger partial charge in [0.15, 0.2) is 0 Å². The molecular weight excluding hydrogens is 471 g/mol. The van der Waals surface area contributed by atoms with E-state index < -0.39 is 10.5 Å². The van der Waals surface area contributed by atoms with Crippen LogP contribution in [0.2, 0.25) is 0 Å². The summed E-state index contributed by atoms with van der Waals surface area (Å²) >= 11 is 11.6. The van der Waals surface area contributed by atoms with Crippen molar-refractivity contribution in [2.45, 2.75) is 117 Å². The predicted molar refractivity (Wildman–Crippen MR) is 143 cm³/mol. The van der Waals surface area contributed by atoms with Crippen LogP contribution in [0.5, 0.6) is 11.5 Å². The van der Waals surface area contributed by atoms with Crippen molar-refractivity contribution >= 4 is 33.7 Å². The molecule has 0 unspecified atom stereocenters. The van der Waals surface area contributed by atoms with E-state index in [0.717, 1.165) is 25.7 Å². The Morgan fingerprint density at radius 1 is 0.559 bits per heavy atom. The first-order chi connectivity index (χ1) is 16.5. The van der Waals surface area contributed by atoms with Gasteiger partial charge >= 0.3 is 0 Å². The lowest BCUT2D eigenvalue weighted by Crippen LogP contribution is -2.07. The van der Waals surface area contributed by atoms with Crippen molar-refractivity contribution in [3.63, 3.8) is 0 Å². The van der Waals surface area contributed by atoms with Crippen molar-refractivity contribution in [2.75, 3.05) is 13.2 Å². The molecule has 0 fully saturated rings. The molecule has 0 aliphatic rings. The molecule has 194 valence electrons. The number of carbonyl (C=O) groups excluding carboxylic acids is 2. The smallest absolute Gasteiger partial charge is 0.256 e. The van der Waals surface area contributed by atoms with E-state index in [9.17, 15) is 9.59 Å². The van der Waals surface area contributed by atoms with Crippen LogP contribution in [0.4, 0.5) is 0 Å². The largest absolute Gasteiger partial charge is 0.493 e. The molecule has 6 heteroatoms. The van der Waals surface area contributed by atoms with Gasteiger partial charge in [0.1, 0.15) is 11.5 Å². The highest BCUT2D eigenvalue weighted by molar-refractivity contribution is 6.69. The number of halogens is 2. The predicted octanol–water partition coefficient (Wildman–Crippen LogP) is 9.48. The third-order valence-corrected chi connectivity index (χ3v) is 6.42. The molecule has 1 aromatic rings. The van der Waals surface area contributed by atoms with Crippen LogP contribution in [0.1, 0.15) is 137 Å². The Kier molecular flexibility index (Phi) is 18.1. The van der Waals surface area contributed by atoms with E-state index in [0.29, 0.717) is 13.2 Å². The lowest BCUT2D eigenvalue weighted by molar-refractivity contribution is 0.106. The summed E-state index contributed by atoms with van der Waals surface area (Å²) in [6.45, 7) is 5.35. The summed E-state index contributed by atoms with van der Waals surface area (Å²) in [5, 5.41) is -1.28. The first kappa shape index (κ1) is 30.8. The lowest BCUT2D eigenvalue weighted by atomic mass is 10.1. The van der Waals surface area contributed by atoms with Crippen molar-refractivity contribution in [3.8, 4) is 11.5 Å². The second-order valence-corrected chi connectivity index (χ2v) is 9.73. The lowest BCUT2D eigenvalue weighted by Gasteiger charge is -2.15. The first-order valence-corrected chi connectivity index (χ1v) is 14.1. The van der Waals surface area contributed by atoms with E-state index in [1.165, 1.54) is 89.2 Å². The van der Waals surface area contributed by atoms with Crippen molar-refractivity contribution in [1.82, 2.24) is 0 Å². The van der Waals surface area contributed by atoms with Crippen LogP contribution in [-0.4, -0.2) is 23.7 Å². The fourth-order valence-corrected chi connectivity index (χ4v) is 4.24. The standard InChI is InChI=1S/C28H44Cl2O4/c1-3-5-7-9-11-13-15-17-19-33-25-21-24(28(30)32)26(22-23(25)27(29)31)34-20-18-16-14-12-10-8-6-4-2/h21-22H,3-20H2,1-2H3. The van der Waals surface area contributed by atoms with Gasteiger partial charge in [-0.15, -0.1) is 0 Å².